The largest absolute Gasteiger partial charge is 0.478 e. The predicted octanol–water partition coefficient (Wildman–Crippen LogP) is 2.35. The first-order valence-electron chi connectivity index (χ1n) is 7.61. The molecule has 0 radical (unpaired) electrons. The van der Waals surface area contributed by atoms with Crippen molar-refractivity contribution in [1.82, 2.24) is 0 Å². The van der Waals surface area contributed by atoms with E-state index in [2.05, 4.69) is 10.2 Å². The van der Waals surface area contributed by atoms with Crippen molar-refractivity contribution in [3.63, 3.8) is 0 Å². The average Bonchev–Trinajstić information content (AvgIpc) is 2.54. The van der Waals surface area contributed by atoms with E-state index in [1.807, 2.05) is 13.0 Å². The molecule has 1 fully saturated rings. The van der Waals surface area contributed by atoms with Gasteiger partial charge in [0.15, 0.2) is 0 Å². The van der Waals surface area contributed by atoms with Crippen LogP contribution in [0.3, 0.4) is 0 Å². The summed E-state index contributed by atoms with van der Waals surface area (Å²) in [7, 11) is 0. The fourth-order valence-corrected chi connectivity index (χ4v) is 2.39. The number of nitrogens with one attached hydrogen (secondary N) is 1. The third-order valence-corrected chi connectivity index (χ3v) is 3.64. The van der Waals surface area contributed by atoms with Crippen molar-refractivity contribution in [3.8, 4) is 0 Å². The quantitative estimate of drug-likeness (QED) is 0.843. The van der Waals surface area contributed by atoms with Crippen LogP contribution in [0.15, 0.2) is 18.2 Å². The van der Waals surface area contributed by atoms with Crippen molar-refractivity contribution < 1.29 is 19.4 Å². The zero-order valence-electron chi connectivity index (χ0n) is 12.8. The first kappa shape index (κ1) is 16.3. The highest BCUT2D eigenvalue weighted by Gasteiger charge is 2.17. The Hall–Kier alpha value is -2.08. The van der Waals surface area contributed by atoms with Crippen LogP contribution in [0.2, 0.25) is 0 Å². The Balaban J connectivity index is 2.16. The van der Waals surface area contributed by atoms with Crippen LogP contribution in [0.25, 0.3) is 0 Å². The number of ether oxygens (including phenoxy) is 1. The van der Waals surface area contributed by atoms with Gasteiger partial charge in [0.1, 0.15) is 0 Å². The molecule has 0 bridgehead atoms. The van der Waals surface area contributed by atoms with Crippen LogP contribution in [0.4, 0.5) is 11.4 Å². The molecule has 1 aromatic carbocycles. The Kier molecular flexibility index (Phi) is 5.77. The molecule has 0 aromatic heterocycles. The molecule has 1 aliphatic heterocycles. The highest BCUT2D eigenvalue weighted by Crippen LogP contribution is 2.24. The summed E-state index contributed by atoms with van der Waals surface area (Å²) in [5.41, 5.74) is 1.31. The van der Waals surface area contributed by atoms with Crippen LogP contribution in [-0.4, -0.2) is 43.3 Å². The first-order valence-corrected chi connectivity index (χ1v) is 7.61. The lowest BCUT2D eigenvalue weighted by atomic mass is 10.1. The van der Waals surface area contributed by atoms with E-state index < -0.39 is 5.97 Å². The fraction of sp³-hybridized carbons (Fsp3) is 0.500. The van der Waals surface area contributed by atoms with E-state index in [9.17, 15) is 14.7 Å². The SMILES string of the molecule is CCCCC(=O)Nc1ccc(N2CCOCC2)cc1C(=O)O. The average molecular weight is 306 g/mol. The van der Waals surface area contributed by atoms with E-state index in [0.717, 1.165) is 31.6 Å². The van der Waals surface area contributed by atoms with Crippen LogP contribution in [-0.2, 0) is 9.53 Å². The zero-order valence-corrected chi connectivity index (χ0v) is 12.8. The summed E-state index contributed by atoms with van der Waals surface area (Å²) >= 11 is 0. The summed E-state index contributed by atoms with van der Waals surface area (Å²) in [6.07, 6.45) is 2.12. The van der Waals surface area contributed by atoms with Gasteiger partial charge in [-0.15, -0.1) is 0 Å². The summed E-state index contributed by atoms with van der Waals surface area (Å²) in [6, 6.07) is 5.12. The van der Waals surface area contributed by atoms with E-state index in [4.69, 9.17) is 4.74 Å². The standard InChI is InChI=1S/C16H22N2O4/c1-2-3-4-15(19)17-14-6-5-12(11-13(14)16(20)21)18-7-9-22-10-8-18/h5-6,11H,2-4,7-10H2,1H3,(H,17,19)(H,20,21). The summed E-state index contributed by atoms with van der Waals surface area (Å²) in [5, 5.41) is 12.1. The lowest BCUT2D eigenvalue weighted by molar-refractivity contribution is -0.116. The molecular formula is C16H22N2O4. The molecule has 0 atom stereocenters. The Morgan fingerprint density at radius 3 is 2.68 bits per heavy atom. The Labute approximate surface area is 130 Å². The van der Waals surface area contributed by atoms with Crippen LogP contribution >= 0.6 is 0 Å². The minimum absolute atomic E-state index is 0.119. The topological polar surface area (TPSA) is 78.9 Å². The molecule has 0 aliphatic carbocycles. The molecule has 0 saturated carbocycles. The number of benzene rings is 1. The number of hydrogen-bond donors (Lipinski definition) is 2. The second-order valence-electron chi connectivity index (χ2n) is 5.29. The van der Waals surface area contributed by atoms with Gasteiger partial charge in [0, 0.05) is 25.2 Å². The molecule has 2 rings (SSSR count). The van der Waals surface area contributed by atoms with Gasteiger partial charge in [-0.05, 0) is 24.6 Å². The number of hydrogen-bond acceptors (Lipinski definition) is 4. The number of anilines is 2. The van der Waals surface area contributed by atoms with E-state index >= 15 is 0 Å². The third kappa shape index (κ3) is 4.21. The number of amides is 1. The van der Waals surface area contributed by atoms with Gasteiger partial charge >= 0.3 is 5.97 Å². The van der Waals surface area contributed by atoms with Crippen LogP contribution in [0.1, 0.15) is 36.5 Å². The molecular weight excluding hydrogens is 284 g/mol. The van der Waals surface area contributed by atoms with Crippen LogP contribution < -0.4 is 10.2 Å². The van der Waals surface area contributed by atoms with E-state index in [1.54, 1.807) is 12.1 Å². The molecule has 0 spiro atoms. The molecule has 1 amide bonds. The number of carbonyl (C=O) groups is 2. The number of nitrogens with zero attached hydrogens (tertiary/aromatic N) is 1. The Bertz CT molecular complexity index is 539. The lowest BCUT2D eigenvalue weighted by Gasteiger charge is -2.29. The Morgan fingerprint density at radius 1 is 1.32 bits per heavy atom. The molecule has 1 saturated heterocycles. The third-order valence-electron chi connectivity index (χ3n) is 3.64. The lowest BCUT2D eigenvalue weighted by Crippen LogP contribution is -2.36. The molecule has 120 valence electrons. The smallest absolute Gasteiger partial charge is 0.337 e. The molecule has 0 unspecified atom stereocenters. The molecule has 1 aromatic rings. The fourth-order valence-electron chi connectivity index (χ4n) is 2.39. The van der Waals surface area contributed by atoms with Gasteiger partial charge in [0.25, 0.3) is 0 Å². The molecule has 6 nitrogen and oxygen atoms in total. The summed E-state index contributed by atoms with van der Waals surface area (Å²) in [6.45, 7) is 4.76. The zero-order chi connectivity index (χ0) is 15.9. The first-order chi connectivity index (χ1) is 10.6. The normalized spacial score (nSPS) is 14.7. The van der Waals surface area contributed by atoms with E-state index in [0.29, 0.717) is 25.3 Å². The van der Waals surface area contributed by atoms with Crippen molar-refractivity contribution in [1.29, 1.82) is 0 Å². The maximum absolute atomic E-state index is 11.8. The monoisotopic (exact) mass is 306 g/mol. The van der Waals surface area contributed by atoms with Gasteiger partial charge in [0.05, 0.1) is 24.5 Å². The number of rotatable bonds is 6. The van der Waals surface area contributed by atoms with Crippen molar-refractivity contribution >= 4 is 23.3 Å². The minimum atomic E-state index is -1.04. The number of unbranched alkanes of at least 4 members (excludes halogenated alkanes) is 1. The molecule has 22 heavy (non-hydrogen) atoms. The van der Waals surface area contributed by atoms with E-state index in [1.165, 1.54) is 0 Å². The second-order valence-corrected chi connectivity index (χ2v) is 5.29. The number of aromatic carboxylic acids is 1. The minimum Gasteiger partial charge on any atom is -0.478 e. The second kappa shape index (κ2) is 7.79. The van der Waals surface area contributed by atoms with Gasteiger partial charge in [0.2, 0.25) is 5.91 Å². The van der Waals surface area contributed by atoms with Crippen molar-refractivity contribution in [2.75, 3.05) is 36.5 Å². The molecule has 6 heteroatoms. The predicted molar refractivity (Wildman–Crippen MR) is 84.6 cm³/mol. The molecule has 1 heterocycles. The van der Waals surface area contributed by atoms with Crippen LogP contribution in [0.5, 0.6) is 0 Å². The molecule has 1 aliphatic rings. The summed E-state index contributed by atoms with van der Waals surface area (Å²) in [5.74, 6) is -1.19. The van der Waals surface area contributed by atoms with Crippen molar-refractivity contribution in [3.05, 3.63) is 23.8 Å². The Morgan fingerprint density at radius 2 is 2.05 bits per heavy atom. The number of morpholine rings is 1. The maximum Gasteiger partial charge on any atom is 0.337 e. The molecule has 2 N–H and O–H groups in total. The summed E-state index contributed by atoms with van der Waals surface area (Å²) < 4.78 is 5.30. The number of carboxylic acid groups (broad SMARTS) is 1. The highest BCUT2D eigenvalue weighted by molar-refractivity contribution is 6.01. The van der Waals surface area contributed by atoms with E-state index in [-0.39, 0.29) is 11.5 Å². The van der Waals surface area contributed by atoms with Gasteiger partial charge in [-0.2, -0.15) is 0 Å². The number of carbonyl (C=O) groups excluding carboxylic acids is 1. The highest BCUT2D eigenvalue weighted by atomic mass is 16.5. The van der Waals surface area contributed by atoms with Gasteiger partial charge in [-0.25, -0.2) is 4.79 Å². The van der Waals surface area contributed by atoms with Gasteiger partial charge in [-0.1, -0.05) is 13.3 Å². The van der Waals surface area contributed by atoms with Crippen LogP contribution in [0, 0.1) is 0 Å². The van der Waals surface area contributed by atoms with Crippen molar-refractivity contribution in [2.45, 2.75) is 26.2 Å². The number of carboxylic acids is 1. The summed E-state index contributed by atoms with van der Waals surface area (Å²) in [4.78, 5) is 25.3. The van der Waals surface area contributed by atoms with Crippen molar-refractivity contribution in [2.24, 2.45) is 0 Å². The van der Waals surface area contributed by atoms with Gasteiger partial charge in [-0.3, -0.25) is 4.79 Å². The van der Waals surface area contributed by atoms with Gasteiger partial charge < -0.3 is 20.1 Å². The maximum atomic E-state index is 11.8.